The summed E-state index contributed by atoms with van der Waals surface area (Å²) in [5.74, 6) is 1.32. The Kier molecular flexibility index (Phi) is 7.02. The van der Waals surface area contributed by atoms with Crippen molar-refractivity contribution in [3.8, 4) is 17.2 Å². The first kappa shape index (κ1) is 22.0. The number of rotatable bonds is 8. The first-order valence-corrected chi connectivity index (χ1v) is 9.30. The fourth-order valence-electron chi connectivity index (χ4n) is 2.79. The van der Waals surface area contributed by atoms with E-state index in [4.69, 9.17) is 14.2 Å². The number of ether oxygens (including phenoxy) is 3. The average Bonchev–Trinajstić information content (AvgIpc) is 2.78. The smallest absolute Gasteiger partial charge is 0.416 e. The van der Waals surface area contributed by atoms with Crippen molar-refractivity contribution in [2.75, 3.05) is 19.6 Å². The molecule has 0 saturated carbocycles. The first-order chi connectivity index (χ1) is 14.9. The molecule has 3 rings (SSSR count). The molecule has 3 aromatic rings. The highest BCUT2D eigenvalue weighted by Gasteiger charge is 2.30. The summed E-state index contributed by atoms with van der Waals surface area (Å²) in [7, 11) is 3.01. The van der Waals surface area contributed by atoms with Crippen molar-refractivity contribution in [3.63, 3.8) is 0 Å². The summed E-state index contributed by atoms with van der Waals surface area (Å²) in [5.41, 5.74) is 3.66. The number of alkyl halides is 3. The molecule has 0 atom stereocenters. The van der Waals surface area contributed by atoms with Gasteiger partial charge in [0.1, 0.15) is 6.61 Å². The monoisotopic (exact) mass is 430 g/mol. The average molecular weight is 430 g/mol. The number of nitrogens with one attached hydrogen (secondary N) is 1. The van der Waals surface area contributed by atoms with Gasteiger partial charge in [-0.1, -0.05) is 36.4 Å². The summed E-state index contributed by atoms with van der Waals surface area (Å²) in [5, 5.41) is 4.01. The van der Waals surface area contributed by atoms with Crippen molar-refractivity contribution in [2.45, 2.75) is 12.8 Å². The molecule has 0 saturated heterocycles. The molecule has 0 bridgehead atoms. The van der Waals surface area contributed by atoms with Gasteiger partial charge in [-0.05, 0) is 35.9 Å². The van der Waals surface area contributed by atoms with Gasteiger partial charge in [0.25, 0.3) is 0 Å². The van der Waals surface area contributed by atoms with Crippen molar-refractivity contribution in [3.05, 3.63) is 83.4 Å². The molecule has 0 unspecified atom stereocenters. The molecule has 0 spiro atoms. The second-order valence-electron chi connectivity index (χ2n) is 6.48. The van der Waals surface area contributed by atoms with Crippen LogP contribution in [-0.4, -0.2) is 20.4 Å². The van der Waals surface area contributed by atoms with Crippen molar-refractivity contribution in [1.29, 1.82) is 0 Å². The molecule has 0 aliphatic heterocycles. The van der Waals surface area contributed by atoms with Crippen LogP contribution in [0.2, 0.25) is 0 Å². The van der Waals surface area contributed by atoms with Crippen LogP contribution < -0.4 is 19.6 Å². The second kappa shape index (κ2) is 9.88. The molecule has 0 aliphatic rings. The third kappa shape index (κ3) is 5.91. The lowest BCUT2D eigenvalue weighted by atomic mass is 10.2. The Morgan fingerprint density at radius 1 is 0.903 bits per heavy atom. The van der Waals surface area contributed by atoms with Crippen LogP contribution in [0.25, 0.3) is 0 Å². The van der Waals surface area contributed by atoms with E-state index in [-0.39, 0.29) is 5.69 Å². The third-order valence-corrected chi connectivity index (χ3v) is 4.31. The van der Waals surface area contributed by atoms with E-state index < -0.39 is 11.7 Å². The Balaban J connectivity index is 1.76. The quantitative estimate of drug-likeness (QED) is 0.365. The van der Waals surface area contributed by atoms with E-state index in [0.717, 1.165) is 17.7 Å². The van der Waals surface area contributed by atoms with E-state index in [0.29, 0.717) is 29.4 Å². The minimum Gasteiger partial charge on any atom is -0.493 e. The number of nitrogens with zero attached hydrogens (tertiary/aromatic N) is 1. The molecular weight excluding hydrogens is 409 g/mol. The van der Waals surface area contributed by atoms with E-state index in [2.05, 4.69) is 10.5 Å². The predicted molar refractivity (Wildman–Crippen MR) is 113 cm³/mol. The van der Waals surface area contributed by atoms with Gasteiger partial charge in [-0.3, -0.25) is 5.43 Å². The van der Waals surface area contributed by atoms with Gasteiger partial charge in [0.15, 0.2) is 11.5 Å². The Hall–Kier alpha value is -3.68. The standard InChI is InChI=1S/C23H21F3N2O3/c1-29-20-11-17(14-27-28-19-10-6-9-18(13-19)23(24,25)26)12-21(30-2)22(20)31-15-16-7-4-3-5-8-16/h3-14,28H,15H2,1-2H3. The SMILES string of the molecule is COc1cc(C=NNc2cccc(C(F)(F)F)c2)cc(OC)c1OCc1ccccc1. The largest absolute Gasteiger partial charge is 0.493 e. The lowest BCUT2D eigenvalue weighted by molar-refractivity contribution is -0.137. The first-order valence-electron chi connectivity index (χ1n) is 9.30. The number of methoxy groups -OCH3 is 2. The summed E-state index contributed by atoms with van der Waals surface area (Å²) in [6.45, 7) is 0.331. The van der Waals surface area contributed by atoms with Crippen LogP contribution in [0, 0.1) is 0 Å². The summed E-state index contributed by atoms with van der Waals surface area (Å²) < 4.78 is 55.2. The minimum atomic E-state index is -4.42. The van der Waals surface area contributed by atoms with Crippen LogP contribution in [0.15, 0.2) is 71.8 Å². The summed E-state index contributed by atoms with van der Waals surface area (Å²) in [6, 6.07) is 17.8. The predicted octanol–water partition coefficient (Wildman–Crippen LogP) is 5.75. The maximum atomic E-state index is 12.8. The van der Waals surface area contributed by atoms with E-state index >= 15 is 0 Å². The van der Waals surface area contributed by atoms with Crippen molar-refractivity contribution in [1.82, 2.24) is 0 Å². The molecule has 162 valence electrons. The number of hydrazone groups is 1. The van der Waals surface area contributed by atoms with Crippen LogP contribution in [0.5, 0.6) is 17.2 Å². The molecule has 0 heterocycles. The number of hydrogen-bond acceptors (Lipinski definition) is 5. The molecule has 3 aromatic carbocycles. The van der Waals surface area contributed by atoms with Gasteiger partial charge in [0.2, 0.25) is 5.75 Å². The normalized spacial score (nSPS) is 11.4. The van der Waals surface area contributed by atoms with Crippen molar-refractivity contribution in [2.24, 2.45) is 5.10 Å². The summed E-state index contributed by atoms with van der Waals surface area (Å²) in [6.07, 6.45) is -2.97. The molecular formula is C23H21F3N2O3. The molecule has 0 fully saturated rings. The minimum absolute atomic E-state index is 0.216. The zero-order valence-electron chi connectivity index (χ0n) is 16.9. The van der Waals surface area contributed by atoms with E-state index in [1.807, 2.05) is 30.3 Å². The van der Waals surface area contributed by atoms with Gasteiger partial charge in [0.05, 0.1) is 31.7 Å². The molecule has 5 nitrogen and oxygen atoms in total. The van der Waals surface area contributed by atoms with E-state index in [1.54, 1.807) is 12.1 Å². The Bertz CT molecular complexity index is 1010. The Morgan fingerprint density at radius 2 is 1.58 bits per heavy atom. The molecule has 31 heavy (non-hydrogen) atoms. The Labute approximate surface area is 178 Å². The molecule has 1 N–H and O–H groups in total. The lowest BCUT2D eigenvalue weighted by Crippen LogP contribution is -2.05. The van der Waals surface area contributed by atoms with Crippen molar-refractivity contribution >= 4 is 11.9 Å². The van der Waals surface area contributed by atoms with Crippen LogP contribution in [0.1, 0.15) is 16.7 Å². The summed E-state index contributed by atoms with van der Waals surface area (Å²) in [4.78, 5) is 0. The van der Waals surface area contributed by atoms with Crippen LogP contribution in [0.4, 0.5) is 18.9 Å². The fourth-order valence-corrected chi connectivity index (χ4v) is 2.79. The number of halogens is 3. The summed E-state index contributed by atoms with van der Waals surface area (Å²) >= 11 is 0. The highest BCUT2D eigenvalue weighted by Crippen LogP contribution is 2.38. The fraction of sp³-hybridized carbons (Fsp3) is 0.174. The van der Waals surface area contributed by atoms with Gasteiger partial charge < -0.3 is 14.2 Å². The topological polar surface area (TPSA) is 52.1 Å². The van der Waals surface area contributed by atoms with Crippen LogP contribution >= 0.6 is 0 Å². The zero-order chi connectivity index (χ0) is 22.3. The van der Waals surface area contributed by atoms with Gasteiger partial charge in [0, 0.05) is 5.56 Å². The maximum Gasteiger partial charge on any atom is 0.416 e. The van der Waals surface area contributed by atoms with Gasteiger partial charge >= 0.3 is 6.18 Å². The third-order valence-electron chi connectivity index (χ3n) is 4.31. The highest BCUT2D eigenvalue weighted by atomic mass is 19.4. The van der Waals surface area contributed by atoms with Crippen LogP contribution in [0.3, 0.4) is 0 Å². The molecule has 8 heteroatoms. The van der Waals surface area contributed by atoms with Crippen molar-refractivity contribution < 1.29 is 27.4 Å². The van der Waals surface area contributed by atoms with Crippen LogP contribution in [-0.2, 0) is 12.8 Å². The van der Waals surface area contributed by atoms with Gasteiger partial charge in [-0.25, -0.2) is 0 Å². The van der Waals surface area contributed by atoms with E-state index in [9.17, 15) is 13.2 Å². The van der Waals surface area contributed by atoms with E-state index in [1.165, 1.54) is 32.6 Å². The molecule has 0 amide bonds. The Morgan fingerprint density at radius 3 is 2.19 bits per heavy atom. The molecule has 0 aromatic heterocycles. The van der Waals surface area contributed by atoms with Gasteiger partial charge in [-0.15, -0.1) is 0 Å². The number of anilines is 1. The highest BCUT2D eigenvalue weighted by molar-refractivity contribution is 5.83. The van der Waals surface area contributed by atoms with Gasteiger partial charge in [-0.2, -0.15) is 18.3 Å². The zero-order valence-corrected chi connectivity index (χ0v) is 16.9. The number of hydrogen-bond donors (Lipinski definition) is 1. The lowest BCUT2D eigenvalue weighted by Gasteiger charge is -2.15. The molecule has 0 aliphatic carbocycles. The second-order valence-corrected chi connectivity index (χ2v) is 6.48. The maximum absolute atomic E-state index is 12.8. The molecule has 0 radical (unpaired) electrons. The number of benzene rings is 3.